The van der Waals surface area contributed by atoms with Crippen LogP contribution in [0.5, 0.6) is 0 Å². The SMILES string of the molecule is CCCNC(c1cnc(C(F)(F)F)s1)C1CSCCS1. The quantitative estimate of drug-likeness (QED) is 0.873. The molecule has 114 valence electrons. The van der Waals surface area contributed by atoms with Crippen molar-refractivity contribution in [2.75, 3.05) is 23.8 Å². The Balaban J connectivity index is 2.14. The van der Waals surface area contributed by atoms with Crippen molar-refractivity contribution in [1.82, 2.24) is 10.3 Å². The monoisotopic (exact) mass is 342 g/mol. The van der Waals surface area contributed by atoms with Crippen LogP contribution in [0.25, 0.3) is 0 Å². The molecule has 20 heavy (non-hydrogen) atoms. The molecule has 1 aromatic heterocycles. The van der Waals surface area contributed by atoms with Gasteiger partial charge in [0, 0.05) is 33.6 Å². The summed E-state index contributed by atoms with van der Waals surface area (Å²) in [5.74, 6) is 3.16. The molecule has 1 aliphatic heterocycles. The van der Waals surface area contributed by atoms with Gasteiger partial charge in [0.05, 0.1) is 6.04 Å². The lowest BCUT2D eigenvalue weighted by molar-refractivity contribution is -0.137. The molecular weight excluding hydrogens is 325 g/mol. The van der Waals surface area contributed by atoms with E-state index in [0.717, 1.165) is 41.6 Å². The normalized spacial score (nSPS) is 21.9. The molecule has 1 fully saturated rings. The van der Waals surface area contributed by atoms with Crippen LogP contribution in [0.4, 0.5) is 13.2 Å². The van der Waals surface area contributed by atoms with Crippen molar-refractivity contribution in [2.45, 2.75) is 30.8 Å². The van der Waals surface area contributed by atoms with Crippen LogP contribution in [0.15, 0.2) is 6.20 Å². The second-order valence-corrected chi connectivity index (χ2v) is 8.04. The zero-order valence-corrected chi connectivity index (χ0v) is 13.5. The van der Waals surface area contributed by atoms with Crippen molar-refractivity contribution in [3.63, 3.8) is 0 Å². The molecular formula is C12H17F3N2S3. The number of nitrogens with one attached hydrogen (secondary N) is 1. The fourth-order valence-electron chi connectivity index (χ4n) is 1.97. The highest BCUT2D eigenvalue weighted by atomic mass is 32.2. The molecule has 2 unspecified atom stereocenters. The number of hydrogen-bond acceptors (Lipinski definition) is 5. The molecule has 2 nitrogen and oxygen atoms in total. The minimum absolute atomic E-state index is 0.0265. The van der Waals surface area contributed by atoms with E-state index in [1.54, 1.807) is 0 Å². The summed E-state index contributed by atoms with van der Waals surface area (Å²) in [4.78, 5) is 4.25. The summed E-state index contributed by atoms with van der Waals surface area (Å²) in [6.45, 7) is 2.87. The lowest BCUT2D eigenvalue weighted by Gasteiger charge is -2.29. The topological polar surface area (TPSA) is 24.9 Å². The molecule has 0 spiro atoms. The number of alkyl halides is 3. The molecule has 1 saturated heterocycles. The van der Waals surface area contributed by atoms with E-state index in [1.807, 2.05) is 23.5 Å². The minimum Gasteiger partial charge on any atom is -0.308 e. The van der Waals surface area contributed by atoms with Crippen LogP contribution in [-0.2, 0) is 6.18 Å². The van der Waals surface area contributed by atoms with Gasteiger partial charge < -0.3 is 5.32 Å². The number of aromatic nitrogens is 1. The van der Waals surface area contributed by atoms with Crippen LogP contribution in [0.3, 0.4) is 0 Å². The third-order valence-electron chi connectivity index (χ3n) is 2.90. The molecule has 0 bridgehead atoms. The van der Waals surface area contributed by atoms with Crippen LogP contribution in [0.1, 0.15) is 29.3 Å². The first kappa shape index (κ1) is 16.5. The maximum absolute atomic E-state index is 12.7. The van der Waals surface area contributed by atoms with Crippen LogP contribution in [-0.4, -0.2) is 34.0 Å². The third kappa shape index (κ3) is 4.29. The predicted molar refractivity (Wildman–Crippen MR) is 81.7 cm³/mol. The van der Waals surface area contributed by atoms with Crippen molar-refractivity contribution in [3.8, 4) is 0 Å². The molecule has 0 amide bonds. The molecule has 2 heterocycles. The molecule has 0 aromatic carbocycles. The predicted octanol–water partition coefficient (Wildman–Crippen LogP) is 4.05. The van der Waals surface area contributed by atoms with Crippen LogP contribution >= 0.6 is 34.9 Å². The fourth-order valence-corrected chi connectivity index (χ4v) is 5.84. The largest absolute Gasteiger partial charge is 0.443 e. The van der Waals surface area contributed by atoms with Gasteiger partial charge in [0.15, 0.2) is 5.01 Å². The van der Waals surface area contributed by atoms with E-state index < -0.39 is 11.2 Å². The van der Waals surface area contributed by atoms with Gasteiger partial charge in [0.1, 0.15) is 0 Å². The Labute approximate surface area is 129 Å². The summed E-state index contributed by atoms with van der Waals surface area (Å²) in [6, 6.07) is -0.0265. The molecule has 2 rings (SSSR count). The smallest absolute Gasteiger partial charge is 0.308 e. The van der Waals surface area contributed by atoms with Gasteiger partial charge >= 0.3 is 6.18 Å². The number of rotatable bonds is 5. The zero-order chi connectivity index (χ0) is 14.6. The van der Waals surface area contributed by atoms with Gasteiger partial charge in [-0.2, -0.15) is 36.7 Å². The fraction of sp³-hybridized carbons (Fsp3) is 0.750. The Bertz CT molecular complexity index is 416. The van der Waals surface area contributed by atoms with Crippen molar-refractivity contribution >= 4 is 34.9 Å². The summed E-state index contributed by atoms with van der Waals surface area (Å²) in [7, 11) is 0. The van der Waals surface area contributed by atoms with Gasteiger partial charge in [0.25, 0.3) is 0 Å². The molecule has 0 saturated carbocycles. The number of hydrogen-bond donors (Lipinski definition) is 1. The summed E-state index contributed by atoms with van der Waals surface area (Å²) >= 11 is 4.49. The first-order valence-corrected chi connectivity index (χ1v) is 9.50. The third-order valence-corrected chi connectivity index (χ3v) is 6.89. The second kappa shape index (κ2) is 7.38. The Morgan fingerprint density at radius 1 is 1.45 bits per heavy atom. The van der Waals surface area contributed by atoms with E-state index in [4.69, 9.17) is 0 Å². The van der Waals surface area contributed by atoms with Crippen molar-refractivity contribution in [3.05, 3.63) is 16.1 Å². The number of nitrogens with zero attached hydrogens (tertiary/aromatic N) is 1. The molecule has 0 radical (unpaired) electrons. The van der Waals surface area contributed by atoms with E-state index >= 15 is 0 Å². The Morgan fingerprint density at radius 2 is 2.25 bits per heavy atom. The van der Waals surface area contributed by atoms with E-state index in [2.05, 4.69) is 17.2 Å². The first-order chi connectivity index (χ1) is 9.52. The second-order valence-electron chi connectivity index (χ2n) is 4.48. The lowest BCUT2D eigenvalue weighted by Crippen LogP contribution is -2.33. The zero-order valence-electron chi connectivity index (χ0n) is 11.1. The highest BCUT2D eigenvalue weighted by molar-refractivity contribution is 8.06. The van der Waals surface area contributed by atoms with Crippen LogP contribution < -0.4 is 5.32 Å². The first-order valence-electron chi connectivity index (χ1n) is 6.48. The van der Waals surface area contributed by atoms with E-state index in [0.29, 0.717) is 10.1 Å². The summed E-state index contributed by atoms with van der Waals surface area (Å²) in [6.07, 6.45) is -1.99. The number of thiazole rings is 1. The molecule has 0 aliphatic carbocycles. The van der Waals surface area contributed by atoms with E-state index in [9.17, 15) is 13.2 Å². The standard InChI is InChI=1S/C12H17F3N2S3/c1-2-3-16-10(9-7-18-4-5-19-9)8-6-17-11(20-8)12(13,14)15/h6,9-10,16H,2-5,7H2,1H3. The Morgan fingerprint density at radius 3 is 2.80 bits per heavy atom. The molecule has 2 atom stereocenters. The van der Waals surface area contributed by atoms with Crippen LogP contribution in [0.2, 0.25) is 0 Å². The Kier molecular flexibility index (Phi) is 6.07. The molecule has 8 heteroatoms. The lowest BCUT2D eigenvalue weighted by atomic mass is 10.2. The maximum atomic E-state index is 12.7. The maximum Gasteiger partial charge on any atom is 0.443 e. The summed E-state index contributed by atoms with van der Waals surface area (Å²) in [5.41, 5.74) is 0. The van der Waals surface area contributed by atoms with Gasteiger partial charge in [0.2, 0.25) is 0 Å². The Hall–Kier alpha value is 0.0800. The average Bonchev–Trinajstić information content (AvgIpc) is 2.90. The number of thioether (sulfide) groups is 2. The summed E-state index contributed by atoms with van der Waals surface area (Å²) in [5, 5.41) is 2.96. The van der Waals surface area contributed by atoms with Crippen molar-refractivity contribution in [1.29, 1.82) is 0 Å². The highest BCUT2D eigenvalue weighted by Crippen LogP contribution is 2.39. The van der Waals surface area contributed by atoms with E-state index in [1.165, 1.54) is 6.20 Å². The van der Waals surface area contributed by atoms with Crippen molar-refractivity contribution < 1.29 is 13.2 Å². The van der Waals surface area contributed by atoms with Crippen LogP contribution in [0, 0.1) is 0 Å². The van der Waals surface area contributed by atoms with Gasteiger partial charge in [-0.15, -0.1) is 11.3 Å². The summed E-state index contributed by atoms with van der Waals surface area (Å²) < 4.78 is 38.0. The van der Waals surface area contributed by atoms with Gasteiger partial charge in [-0.1, -0.05) is 6.92 Å². The average molecular weight is 342 g/mol. The molecule has 1 N–H and O–H groups in total. The van der Waals surface area contributed by atoms with E-state index in [-0.39, 0.29) is 6.04 Å². The van der Waals surface area contributed by atoms with Gasteiger partial charge in [-0.25, -0.2) is 4.98 Å². The minimum atomic E-state index is -4.34. The van der Waals surface area contributed by atoms with Crippen molar-refractivity contribution in [2.24, 2.45) is 0 Å². The number of halogens is 3. The molecule has 1 aromatic rings. The molecule has 1 aliphatic rings. The highest BCUT2D eigenvalue weighted by Gasteiger charge is 2.36. The van der Waals surface area contributed by atoms with Gasteiger partial charge in [-0.05, 0) is 13.0 Å². The van der Waals surface area contributed by atoms with Gasteiger partial charge in [-0.3, -0.25) is 0 Å².